The molecule has 0 saturated carbocycles. The fourth-order valence-corrected chi connectivity index (χ4v) is 4.41. The van der Waals surface area contributed by atoms with Crippen molar-refractivity contribution in [3.05, 3.63) is 57.9 Å². The third-order valence-corrected chi connectivity index (χ3v) is 6.02. The topological polar surface area (TPSA) is 79.5 Å². The molecule has 2 aromatic carbocycles. The van der Waals surface area contributed by atoms with Gasteiger partial charge in [0.1, 0.15) is 10.6 Å². The van der Waals surface area contributed by atoms with Crippen LogP contribution in [-0.4, -0.2) is 29.6 Å². The van der Waals surface area contributed by atoms with Crippen LogP contribution in [0.4, 0.5) is 5.69 Å². The largest absolute Gasteiger partial charge is 0.497 e. The number of hydrogen-bond donors (Lipinski definition) is 3. The highest BCUT2D eigenvalue weighted by molar-refractivity contribution is 7.80. The lowest BCUT2D eigenvalue weighted by Crippen LogP contribution is -2.40. The Kier molecular flexibility index (Phi) is 6.83. The van der Waals surface area contributed by atoms with E-state index in [1.165, 1.54) is 11.3 Å². The van der Waals surface area contributed by atoms with Crippen LogP contribution in [0.25, 0.3) is 10.1 Å². The Morgan fingerprint density at radius 2 is 1.74 bits per heavy atom. The van der Waals surface area contributed by atoms with Gasteiger partial charge in [0, 0.05) is 26.9 Å². The van der Waals surface area contributed by atoms with Crippen molar-refractivity contribution in [2.45, 2.75) is 26.3 Å². The summed E-state index contributed by atoms with van der Waals surface area (Å²) in [5.74, 6) is 0.129. The third-order valence-electron chi connectivity index (χ3n) is 4.16. The van der Waals surface area contributed by atoms with Gasteiger partial charge in [-0.1, -0.05) is 11.6 Å². The molecule has 2 amide bonds. The molecule has 0 bridgehead atoms. The molecule has 0 aliphatic carbocycles. The van der Waals surface area contributed by atoms with Crippen LogP contribution < -0.4 is 20.7 Å². The molecule has 0 saturated heterocycles. The Morgan fingerprint density at radius 3 is 2.35 bits per heavy atom. The fourth-order valence-electron chi connectivity index (χ4n) is 2.76. The summed E-state index contributed by atoms with van der Waals surface area (Å²) in [6.45, 7) is 5.75. The summed E-state index contributed by atoms with van der Waals surface area (Å²) in [7, 11) is 1.58. The van der Waals surface area contributed by atoms with Gasteiger partial charge in [0.05, 0.1) is 12.1 Å². The second-order valence-corrected chi connectivity index (χ2v) is 9.64. The number of methoxy groups -OCH3 is 1. The minimum absolute atomic E-state index is 0.128. The molecule has 0 aliphatic heterocycles. The van der Waals surface area contributed by atoms with E-state index in [9.17, 15) is 9.59 Å². The number of rotatable bonds is 4. The smallest absolute Gasteiger partial charge is 0.269 e. The van der Waals surface area contributed by atoms with Crippen molar-refractivity contribution in [1.82, 2.24) is 10.6 Å². The van der Waals surface area contributed by atoms with Crippen molar-refractivity contribution in [2.24, 2.45) is 0 Å². The zero-order chi connectivity index (χ0) is 22.8. The Morgan fingerprint density at radius 1 is 1.06 bits per heavy atom. The lowest BCUT2D eigenvalue weighted by Gasteiger charge is -2.20. The van der Waals surface area contributed by atoms with Crippen LogP contribution in [0.3, 0.4) is 0 Å². The van der Waals surface area contributed by atoms with Crippen LogP contribution in [0.2, 0.25) is 5.02 Å². The van der Waals surface area contributed by atoms with Gasteiger partial charge >= 0.3 is 0 Å². The number of nitrogens with one attached hydrogen (secondary N) is 3. The van der Waals surface area contributed by atoms with E-state index in [0.717, 1.165) is 10.1 Å². The minimum atomic E-state index is -0.399. The summed E-state index contributed by atoms with van der Waals surface area (Å²) in [4.78, 5) is 25.2. The molecule has 3 aromatic rings. The average Bonchev–Trinajstić information content (AvgIpc) is 3.03. The summed E-state index contributed by atoms with van der Waals surface area (Å²) in [6, 6.07) is 12.2. The van der Waals surface area contributed by atoms with Crippen molar-refractivity contribution in [2.75, 3.05) is 12.4 Å². The van der Waals surface area contributed by atoms with E-state index in [4.69, 9.17) is 28.6 Å². The number of benzene rings is 2. The predicted octanol–water partition coefficient (Wildman–Crippen LogP) is 5.22. The molecule has 0 spiro atoms. The molecule has 0 fully saturated rings. The highest BCUT2D eigenvalue weighted by Gasteiger charge is 2.19. The Labute approximate surface area is 194 Å². The molecule has 1 aromatic heterocycles. The number of carbonyl (C=O) groups is 2. The van der Waals surface area contributed by atoms with Gasteiger partial charge in [-0.15, -0.1) is 11.3 Å². The van der Waals surface area contributed by atoms with Crippen LogP contribution in [0.5, 0.6) is 5.75 Å². The normalized spacial score (nSPS) is 11.1. The minimum Gasteiger partial charge on any atom is -0.497 e. The van der Waals surface area contributed by atoms with Crippen molar-refractivity contribution < 1.29 is 14.3 Å². The molecule has 0 unspecified atom stereocenters. The number of anilines is 1. The predicted molar refractivity (Wildman–Crippen MR) is 131 cm³/mol. The van der Waals surface area contributed by atoms with Crippen LogP contribution in [0.1, 0.15) is 40.8 Å². The van der Waals surface area contributed by atoms with Crippen molar-refractivity contribution >= 4 is 67.9 Å². The molecule has 0 radical (unpaired) electrons. The summed E-state index contributed by atoms with van der Waals surface area (Å²) >= 11 is 12.9. The highest BCUT2D eigenvalue weighted by atomic mass is 35.5. The first kappa shape index (κ1) is 23.0. The molecule has 31 heavy (non-hydrogen) atoms. The molecule has 0 aliphatic rings. The number of thiocarbonyl (C=S) groups is 1. The van der Waals surface area contributed by atoms with E-state index in [1.807, 2.05) is 32.9 Å². The van der Waals surface area contributed by atoms with E-state index >= 15 is 0 Å². The van der Waals surface area contributed by atoms with Gasteiger partial charge in [0.15, 0.2) is 5.11 Å². The van der Waals surface area contributed by atoms with E-state index < -0.39 is 5.91 Å². The van der Waals surface area contributed by atoms with E-state index in [2.05, 4.69) is 16.0 Å². The lowest BCUT2D eigenvalue weighted by molar-refractivity contribution is 0.0918. The van der Waals surface area contributed by atoms with Crippen LogP contribution in [0, 0.1) is 0 Å². The Bertz CT molecular complexity index is 1150. The summed E-state index contributed by atoms with van der Waals surface area (Å²) in [5, 5.41) is 9.76. The summed E-state index contributed by atoms with van der Waals surface area (Å²) in [5.41, 5.74) is 0.853. The van der Waals surface area contributed by atoms with Crippen LogP contribution in [0.15, 0.2) is 42.5 Å². The summed E-state index contributed by atoms with van der Waals surface area (Å²) < 4.78 is 6.06. The molecule has 162 valence electrons. The zero-order valence-electron chi connectivity index (χ0n) is 17.5. The Balaban J connectivity index is 1.65. The monoisotopic (exact) mass is 475 g/mol. The molecule has 1 heterocycles. The number of amides is 2. The fraction of sp³-hybridized carbons (Fsp3) is 0.227. The number of halogens is 1. The SMILES string of the molecule is COc1ccc2c(Cl)c(C(=O)NC(=S)Nc3ccc(C(=O)NC(C)(C)C)cc3)sc2c1. The van der Waals surface area contributed by atoms with Crippen LogP contribution in [-0.2, 0) is 0 Å². The lowest BCUT2D eigenvalue weighted by atomic mass is 10.1. The molecule has 9 heteroatoms. The molecular weight excluding hydrogens is 454 g/mol. The van der Waals surface area contributed by atoms with Crippen molar-refractivity contribution in [1.29, 1.82) is 0 Å². The zero-order valence-corrected chi connectivity index (χ0v) is 19.8. The third kappa shape index (κ3) is 5.72. The van der Waals surface area contributed by atoms with Gasteiger partial charge in [-0.2, -0.15) is 0 Å². The number of ether oxygens (including phenoxy) is 1. The number of carbonyl (C=O) groups excluding carboxylic acids is 2. The average molecular weight is 476 g/mol. The van der Waals surface area contributed by atoms with Gasteiger partial charge in [-0.3, -0.25) is 14.9 Å². The van der Waals surface area contributed by atoms with Gasteiger partial charge < -0.3 is 15.4 Å². The Hall–Kier alpha value is -2.68. The standard InChI is InChI=1S/C22H22ClN3O3S2/c1-22(2,3)26-19(27)12-5-7-13(8-6-12)24-21(30)25-20(28)18-17(23)15-10-9-14(29-4)11-16(15)31-18/h5-11H,1-4H3,(H,26,27)(H2,24,25,28,30). The van der Waals surface area contributed by atoms with E-state index in [1.54, 1.807) is 37.4 Å². The quantitative estimate of drug-likeness (QED) is 0.451. The molecule has 0 atom stereocenters. The first-order chi connectivity index (χ1) is 14.6. The van der Waals surface area contributed by atoms with Gasteiger partial charge in [-0.05, 0) is 75.5 Å². The molecule has 6 nitrogen and oxygen atoms in total. The second-order valence-electron chi connectivity index (χ2n) is 7.80. The molecular formula is C22H22ClN3O3S2. The van der Waals surface area contributed by atoms with Crippen molar-refractivity contribution in [3.63, 3.8) is 0 Å². The van der Waals surface area contributed by atoms with Gasteiger partial charge in [0.2, 0.25) is 0 Å². The number of hydrogen-bond acceptors (Lipinski definition) is 5. The first-order valence-electron chi connectivity index (χ1n) is 9.38. The van der Waals surface area contributed by atoms with Gasteiger partial charge in [0.25, 0.3) is 11.8 Å². The molecule has 3 N–H and O–H groups in total. The maximum Gasteiger partial charge on any atom is 0.269 e. The number of thiophene rings is 1. The van der Waals surface area contributed by atoms with Gasteiger partial charge in [-0.25, -0.2) is 0 Å². The maximum atomic E-state index is 12.7. The number of fused-ring (bicyclic) bond motifs is 1. The highest BCUT2D eigenvalue weighted by Crippen LogP contribution is 2.37. The maximum absolute atomic E-state index is 12.7. The van der Waals surface area contributed by atoms with Crippen molar-refractivity contribution in [3.8, 4) is 5.75 Å². The van der Waals surface area contributed by atoms with Crippen LogP contribution >= 0.6 is 35.2 Å². The van der Waals surface area contributed by atoms with E-state index in [-0.39, 0.29) is 16.6 Å². The second kappa shape index (κ2) is 9.21. The summed E-state index contributed by atoms with van der Waals surface area (Å²) in [6.07, 6.45) is 0. The van der Waals surface area contributed by atoms with E-state index in [0.29, 0.717) is 26.9 Å². The first-order valence-corrected chi connectivity index (χ1v) is 11.0. The molecule has 3 rings (SSSR count).